The zero-order chi connectivity index (χ0) is 22.0. The molecule has 2 N–H and O–H groups in total. The maximum Gasteiger partial charge on any atom is 0.255 e. The normalized spacial score (nSPS) is 12.3. The van der Waals surface area contributed by atoms with Gasteiger partial charge in [0.1, 0.15) is 11.3 Å². The lowest BCUT2D eigenvalue weighted by atomic mass is 10.1. The molecule has 1 aromatic carbocycles. The largest absolute Gasteiger partial charge is 0.391 e. The lowest BCUT2D eigenvalue weighted by Crippen LogP contribution is -2.31. The number of rotatable bonds is 7. The van der Waals surface area contributed by atoms with Crippen molar-refractivity contribution >= 4 is 16.9 Å². The lowest BCUT2D eigenvalue weighted by molar-refractivity contribution is 0.0915. The minimum atomic E-state index is -0.599. The molecule has 31 heavy (non-hydrogen) atoms. The molecule has 1 atom stereocenters. The molecule has 4 aromatic rings. The van der Waals surface area contributed by atoms with E-state index in [2.05, 4.69) is 15.4 Å². The molecule has 0 aliphatic heterocycles. The molecular formula is C23H24FN5O2. The fourth-order valence-corrected chi connectivity index (χ4v) is 3.48. The van der Waals surface area contributed by atoms with Crippen LogP contribution in [0.25, 0.3) is 22.2 Å². The van der Waals surface area contributed by atoms with Gasteiger partial charge in [0.05, 0.1) is 29.9 Å². The van der Waals surface area contributed by atoms with Crippen LogP contribution in [0.1, 0.15) is 29.3 Å². The number of aliphatic hydroxyl groups is 1. The standard InChI is InChI=1S/C23H24FN5O2/c1-3-18(30)11-26-23(31)19-14-29(21-5-4-8-25-22(19)21)13-16-7-6-15(9-20(16)24)17-10-27-28(2)12-17/h4-10,12,14,18,30H,3,11,13H2,1-2H3,(H,26,31). The second-order valence-electron chi connectivity index (χ2n) is 7.52. The summed E-state index contributed by atoms with van der Waals surface area (Å²) in [6, 6.07) is 8.73. The predicted octanol–water partition coefficient (Wildman–Crippen LogP) is 3.12. The van der Waals surface area contributed by atoms with Crippen molar-refractivity contribution in [3.05, 3.63) is 72.1 Å². The van der Waals surface area contributed by atoms with Gasteiger partial charge >= 0.3 is 0 Å². The van der Waals surface area contributed by atoms with Gasteiger partial charge in [-0.25, -0.2) is 4.39 Å². The number of hydrogen-bond acceptors (Lipinski definition) is 4. The van der Waals surface area contributed by atoms with Crippen molar-refractivity contribution in [1.29, 1.82) is 0 Å². The Hall–Kier alpha value is -3.52. The van der Waals surface area contributed by atoms with E-state index in [0.717, 1.165) is 16.6 Å². The van der Waals surface area contributed by atoms with Crippen LogP contribution >= 0.6 is 0 Å². The zero-order valence-electron chi connectivity index (χ0n) is 17.4. The molecule has 0 spiro atoms. The molecule has 0 aliphatic carbocycles. The van der Waals surface area contributed by atoms with E-state index >= 15 is 0 Å². The molecule has 1 unspecified atom stereocenters. The first-order chi connectivity index (χ1) is 15.0. The highest BCUT2D eigenvalue weighted by molar-refractivity contribution is 6.05. The first-order valence-corrected chi connectivity index (χ1v) is 10.1. The molecule has 0 fully saturated rings. The van der Waals surface area contributed by atoms with E-state index in [1.54, 1.807) is 35.4 Å². The van der Waals surface area contributed by atoms with Crippen LogP contribution in [0.4, 0.5) is 4.39 Å². The van der Waals surface area contributed by atoms with Gasteiger partial charge in [0.25, 0.3) is 5.91 Å². The predicted molar refractivity (Wildman–Crippen MR) is 116 cm³/mol. The van der Waals surface area contributed by atoms with Crippen LogP contribution in [0.3, 0.4) is 0 Å². The number of aliphatic hydroxyl groups excluding tert-OH is 1. The molecule has 0 aliphatic rings. The number of halogens is 1. The quantitative estimate of drug-likeness (QED) is 0.480. The number of fused-ring (bicyclic) bond motifs is 1. The van der Waals surface area contributed by atoms with Gasteiger partial charge in [-0.2, -0.15) is 5.10 Å². The van der Waals surface area contributed by atoms with Crippen molar-refractivity contribution in [2.45, 2.75) is 26.0 Å². The van der Waals surface area contributed by atoms with Gasteiger partial charge in [0, 0.05) is 43.3 Å². The second kappa shape index (κ2) is 8.69. The summed E-state index contributed by atoms with van der Waals surface area (Å²) in [5.41, 5.74) is 3.77. The van der Waals surface area contributed by atoms with Crippen molar-refractivity contribution in [3.63, 3.8) is 0 Å². The van der Waals surface area contributed by atoms with Gasteiger partial charge in [-0.3, -0.25) is 14.5 Å². The van der Waals surface area contributed by atoms with Crippen LogP contribution in [0.2, 0.25) is 0 Å². The minimum Gasteiger partial charge on any atom is -0.391 e. The summed E-state index contributed by atoms with van der Waals surface area (Å²) < 4.78 is 18.4. The Morgan fingerprint density at radius 3 is 2.81 bits per heavy atom. The van der Waals surface area contributed by atoms with E-state index in [-0.39, 0.29) is 24.8 Å². The number of benzene rings is 1. The number of aryl methyl sites for hydroxylation is 1. The van der Waals surface area contributed by atoms with Gasteiger partial charge in [0.15, 0.2) is 0 Å². The summed E-state index contributed by atoms with van der Waals surface area (Å²) in [7, 11) is 1.82. The van der Waals surface area contributed by atoms with Crippen LogP contribution in [-0.2, 0) is 13.6 Å². The Bertz CT molecular complexity index is 1230. The molecule has 0 radical (unpaired) electrons. The van der Waals surface area contributed by atoms with Crippen LogP contribution in [-0.4, -0.2) is 43.0 Å². The fourth-order valence-electron chi connectivity index (χ4n) is 3.48. The molecule has 8 heteroatoms. The molecule has 3 heterocycles. The van der Waals surface area contributed by atoms with Crippen molar-refractivity contribution in [3.8, 4) is 11.1 Å². The minimum absolute atomic E-state index is 0.166. The van der Waals surface area contributed by atoms with Gasteiger partial charge in [-0.1, -0.05) is 19.1 Å². The molecule has 160 valence electrons. The summed E-state index contributed by atoms with van der Waals surface area (Å²) in [4.78, 5) is 17.0. The highest BCUT2D eigenvalue weighted by Gasteiger charge is 2.18. The number of nitrogens with zero attached hydrogens (tertiary/aromatic N) is 4. The zero-order valence-corrected chi connectivity index (χ0v) is 17.4. The third-order valence-corrected chi connectivity index (χ3v) is 5.28. The van der Waals surface area contributed by atoms with E-state index in [9.17, 15) is 14.3 Å². The topological polar surface area (TPSA) is 85.0 Å². The number of pyridine rings is 1. The van der Waals surface area contributed by atoms with Crippen LogP contribution in [0.5, 0.6) is 0 Å². The smallest absolute Gasteiger partial charge is 0.255 e. The molecule has 4 rings (SSSR count). The summed E-state index contributed by atoms with van der Waals surface area (Å²) in [6.07, 6.45) is 6.78. The monoisotopic (exact) mass is 421 g/mol. The Morgan fingerprint density at radius 2 is 2.10 bits per heavy atom. The molecular weight excluding hydrogens is 397 g/mol. The summed E-state index contributed by atoms with van der Waals surface area (Å²) in [5.74, 6) is -0.647. The van der Waals surface area contributed by atoms with Gasteiger partial charge < -0.3 is 15.0 Å². The maximum atomic E-state index is 14.9. The second-order valence-corrected chi connectivity index (χ2v) is 7.52. The molecule has 0 bridgehead atoms. The van der Waals surface area contributed by atoms with E-state index in [1.807, 2.05) is 36.9 Å². The molecule has 7 nitrogen and oxygen atoms in total. The summed E-state index contributed by atoms with van der Waals surface area (Å²) in [6.45, 7) is 2.27. The average molecular weight is 421 g/mol. The first-order valence-electron chi connectivity index (χ1n) is 10.1. The van der Waals surface area contributed by atoms with Gasteiger partial charge in [0.2, 0.25) is 0 Å². The van der Waals surface area contributed by atoms with Crippen molar-refractivity contribution in [2.75, 3.05) is 6.54 Å². The average Bonchev–Trinajstić information content (AvgIpc) is 3.37. The lowest BCUT2D eigenvalue weighted by Gasteiger charge is -2.09. The SMILES string of the molecule is CCC(O)CNC(=O)c1cn(Cc2ccc(-c3cnn(C)c3)cc2F)c2cccnc12. The first kappa shape index (κ1) is 20.7. The van der Waals surface area contributed by atoms with Crippen LogP contribution in [0, 0.1) is 5.82 Å². The van der Waals surface area contributed by atoms with Crippen LogP contribution in [0.15, 0.2) is 55.1 Å². The maximum absolute atomic E-state index is 14.9. The molecule has 0 saturated carbocycles. The van der Waals surface area contributed by atoms with E-state index in [1.165, 1.54) is 6.07 Å². The highest BCUT2D eigenvalue weighted by Crippen LogP contribution is 2.24. The Labute approximate surface area is 179 Å². The number of hydrogen-bond donors (Lipinski definition) is 2. The third-order valence-electron chi connectivity index (χ3n) is 5.28. The highest BCUT2D eigenvalue weighted by atomic mass is 19.1. The van der Waals surface area contributed by atoms with Gasteiger partial charge in [-0.05, 0) is 30.2 Å². The summed E-state index contributed by atoms with van der Waals surface area (Å²) in [5, 5.41) is 16.6. The number of carbonyl (C=O) groups excluding carboxylic acids is 1. The van der Waals surface area contributed by atoms with Crippen LogP contribution < -0.4 is 5.32 Å². The molecule has 1 amide bonds. The molecule has 3 aromatic heterocycles. The fraction of sp³-hybridized carbons (Fsp3) is 0.261. The molecule has 0 saturated heterocycles. The number of nitrogens with one attached hydrogen (secondary N) is 1. The third kappa shape index (κ3) is 4.34. The Balaban J connectivity index is 1.62. The Kier molecular flexibility index (Phi) is 5.81. The van der Waals surface area contributed by atoms with E-state index < -0.39 is 6.10 Å². The Morgan fingerprint density at radius 1 is 1.26 bits per heavy atom. The summed E-state index contributed by atoms with van der Waals surface area (Å²) >= 11 is 0. The van der Waals surface area contributed by atoms with Crippen molar-refractivity contribution in [1.82, 2.24) is 24.6 Å². The van der Waals surface area contributed by atoms with Crippen molar-refractivity contribution < 1.29 is 14.3 Å². The number of amides is 1. The number of aromatic nitrogens is 4. The number of carbonyl (C=O) groups is 1. The van der Waals surface area contributed by atoms with E-state index in [4.69, 9.17) is 0 Å². The van der Waals surface area contributed by atoms with E-state index in [0.29, 0.717) is 23.1 Å². The van der Waals surface area contributed by atoms with Gasteiger partial charge in [-0.15, -0.1) is 0 Å². The van der Waals surface area contributed by atoms with Crippen molar-refractivity contribution in [2.24, 2.45) is 7.05 Å².